The average molecular weight is 790 g/mol. The van der Waals surface area contributed by atoms with Gasteiger partial charge in [0, 0.05) is 61.9 Å². The summed E-state index contributed by atoms with van der Waals surface area (Å²) in [6.07, 6.45) is 2.96. The van der Waals surface area contributed by atoms with Crippen LogP contribution in [-0.2, 0) is 19.9 Å². The molecule has 2 aromatic heterocycles. The van der Waals surface area contributed by atoms with E-state index >= 15 is 4.39 Å². The van der Waals surface area contributed by atoms with E-state index in [1.165, 1.54) is 48.6 Å². The first-order valence-corrected chi connectivity index (χ1v) is 21.6. The molecule has 53 heavy (non-hydrogen) atoms. The van der Waals surface area contributed by atoms with Crippen molar-refractivity contribution in [3.63, 3.8) is 0 Å². The molecule has 3 unspecified atom stereocenters. The number of rotatable bonds is 9. The van der Waals surface area contributed by atoms with Gasteiger partial charge in [0.15, 0.2) is 20.8 Å². The highest BCUT2D eigenvalue weighted by molar-refractivity contribution is 7.92. The SMILES string of the molecule is Cc1cccc(F)c1S(=O)(=O)Nc1cccc(-c2nc(N3C4CCC3CN(C3CC(F)(F)C3)C4)sc2-c2ccnc(NC3[C@H]4CS(=O)(=O)C[C@@H]34)n2)c1F. The van der Waals surface area contributed by atoms with Crippen LogP contribution in [-0.4, -0.2) is 91.4 Å². The van der Waals surface area contributed by atoms with Crippen molar-refractivity contribution >= 4 is 48.0 Å². The van der Waals surface area contributed by atoms with Gasteiger partial charge in [-0.3, -0.25) is 9.62 Å². The number of piperazine rings is 1. The number of likely N-dealkylation sites (tertiary alicyclic amines) is 1. The van der Waals surface area contributed by atoms with Crippen molar-refractivity contribution in [3.05, 3.63) is 65.9 Å². The number of nitrogens with zero attached hydrogens (tertiary/aromatic N) is 5. The Balaban J connectivity index is 1.07. The summed E-state index contributed by atoms with van der Waals surface area (Å²) in [5, 5.41) is 3.87. The van der Waals surface area contributed by atoms with Crippen molar-refractivity contribution in [1.29, 1.82) is 0 Å². The minimum atomic E-state index is -4.53. The number of aromatic nitrogens is 3. The highest BCUT2D eigenvalue weighted by Gasteiger charge is 2.59. The van der Waals surface area contributed by atoms with Crippen LogP contribution in [0.4, 0.5) is 34.3 Å². The van der Waals surface area contributed by atoms with Gasteiger partial charge < -0.3 is 10.2 Å². The van der Waals surface area contributed by atoms with Gasteiger partial charge in [-0.15, -0.1) is 0 Å². The zero-order chi connectivity index (χ0) is 37.0. The number of halogens is 4. The number of hydrogen-bond acceptors (Lipinski definition) is 11. The van der Waals surface area contributed by atoms with Crippen molar-refractivity contribution in [1.82, 2.24) is 19.9 Å². The Morgan fingerprint density at radius 3 is 2.32 bits per heavy atom. The van der Waals surface area contributed by atoms with Crippen molar-refractivity contribution in [2.75, 3.05) is 39.5 Å². The number of sulfone groups is 1. The summed E-state index contributed by atoms with van der Waals surface area (Å²) in [6, 6.07) is 9.53. The summed E-state index contributed by atoms with van der Waals surface area (Å²) in [7, 11) is -7.57. The number of aryl methyl sites for hydroxylation is 1. The standard InChI is InChI=1S/C35H35F4N7O4S3/c1-18-4-2-6-25(36)32(18)53(49,50)44-26-7-3-5-22(28(26)37)30-31(27-10-11-40-33(41-27)42-29-23-16-52(47,48)17-24(23)29)51-34(43-30)46-19-8-9-20(46)15-45(14-19)21-12-35(38,39)13-21/h2-7,10-11,19-21,23-24,29,44H,8-9,12-17H2,1H3,(H,40,41,42)/t19?,20?,23-,24+,29?. The van der Waals surface area contributed by atoms with Crippen LogP contribution >= 0.6 is 11.3 Å². The third-order valence-corrected chi connectivity index (χ3v) is 15.7. The van der Waals surface area contributed by atoms with Crippen LogP contribution in [0.3, 0.4) is 0 Å². The predicted octanol–water partition coefficient (Wildman–Crippen LogP) is 5.56. The largest absolute Gasteiger partial charge is 0.351 e. The van der Waals surface area contributed by atoms with Crippen LogP contribution in [0.2, 0.25) is 0 Å². The molecule has 2 N–H and O–H groups in total. The maximum Gasteiger partial charge on any atom is 0.265 e. The van der Waals surface area contributed by atoms with Crippen LogP contribution in [0.1, 0.15) is 31.2 Å². The number of anilines is 3. The molecule has 5 heterocycles. The van der Waals surface area contributed by atoms with Gasteiger partial charge in [0.2, 0.25) is 5.95 Å². The van der Waals surface area contributed by atoms with E-state index in [1.54, 1.807) is 12.3 Å². The fourth-order valence-corrected chi connectivity index (χ4v) is 13.4. The lowest BCUT2D eigenvalue weighted by molar-refractivity contribution is -0.127. The van der Waals surface area contributed by atoms with Crippen LogP contribution in [0, 0.1) is 30.4 Å². The fourth-order valence-electron chi connectivity index (χ4n) is 8.63. The molecule has 0 amide bonds. The Morgan fingerprint density at radius 1 is 0.943 bits per heavy atom. The van der Waals surface area contributed by atoms with Crippen molar-refractivity contribution in [3.8, 4) is 21.8 Å². The quantitative estimate of drug-likeness (QED) is 0.208. The topological polar surface area (TPSA) is 137 Å². The molecule has 0 spiro atoms. The van der Waals surface area contributed by atoms with Gasteiger partial charge in [0.1, 0.15) is 10.7 Å². The maximum atomic E-state index is 16.6. The maximum absolute atomic E-state index is 16.6. The predicted molar refractivity (Wildman–Crippen MR) is 192 cm³/mol. The van der Waals surface area contributed by atoms with Crippen LogP contribution < -0.4 is 14.9 Å². The molecule has 5 fully saturated rings. The Kier molecular flexibility index (Phi) is 8.11. The molecule has 3 aliphatic heterocycles. The highest BCUT2D eigenvalue weighted by atomic mass is 32.2. The minimum Gasteiger partial charge on any atom is -0.351 e. The molecule has 3 saturated heterocycles. The molecular weight excluding hydrogens is 755 g/mol. The number of alkyl halides is 2. The molecule has 5 aliphatic rings. The first-order chi connectivity index (χ1) is 25.2. The Hall–Kier alpha value is -3.87. The van der Waals surface area contributed by atoms with Gasteiger partial charge in [-0.1, -0.05) is 29.5 Å². The van der Waals surface area contributed by atoms with E-state index in [1.807, 2.05) is 0 Å². The second kappa shape index (κ2) is 12.3. The molecular formula is C35H35F4N7O4S3. The molecule has 2 aliphatic carbocycles. The molecule has 11 nitrogen and oxygen atoms in total. The van der Waals surface area contributed by atoms with E-state index in [9.17, 15) is 30.0 Å². The first kappa shape index (κ1) is 34.9. The lowest BCUT2D eigenvalue weighted by Crippen LogP contribution is -2.61. The second-order valence-corrected chi connectivity index (χ2v) is 19.6. The molecule has 18 heteroatoms. The van der Waals surface area contributed by atoms with E-state index < -0.39 is 48.0 Å². The van der Waals surface area contributed by atoms with Crippen molar-refractivity contribution in [2.45, 2.75) is 67.6 Å². The van der Waals surface area contributed by atoms with E-state index in [0.717, 1.165) is 18.9 Å². The van der Waals surface area contributed by atoms with Crippen molar-refractivity contribution < 1.29 is 34.4 Å². The first-order valence-electron chi connectivity index (χ1n) is 17.4. The lowest BCUT2D eigenvalue weighted by atomic mass is 9.86. The fraction of sp³-hybridized carbons (Fsp3) is 0.457. The third kappa shape index (κ3) is 6.24. The number of hydrogen-bond donors (Lipinski definition) is 2. The van der Waals surface area contributed by atoms with Gasteiger partial charge in [-0.25, -0.2) is 49.3 Å². The Labute approximate surface area is 307 Å². The summed E-state index contributed by atoms with van der Waals surface area (Å²) in [5.74, 6) is -4.00. The van der Waals surface area contributed by atoms with Crippen molar-refractivity contribution in [2.24, 2.45) is 11.8 Å². The molecule has 2 aromatic carbocycles. The van der Waals surface area contributed by atoms with E-state index in [4.69, 9.17) is 9.97 Å². The number of nitrogens with one attached hydrogen (secondary N) is 2. The van der Waals surface area contributed by atoms with Gasteiger partial charge in [0.25, 0.3) is 15.9 Å². The van der Waals surface area contributed by atoms with Gasteiger partial charge in [0.05, 0.1) is 33.5 Å². The van der Waals surface area contributed by atoms with Gasteiger partial charge in [-0.2, -0.15) is 0 Å². The number of benzene rings is 2. The second-order valence-electron chi connectivity index (χ2n) is 14.8. The normalized spacial score (nSPS) is 27.3. The summed E-state index contributed by atoms with van der Waals surface area (Å²) < 4.78 is 112. The third-order valence-electron chi connectivity index (χ3n) is 11.3. The molecule has 2 bridgehead atoms. The Morgan fingerprint density at radius 2 is 1.64 bits per heavy atom. The summed E-state index contributed by atoms with van der Waals surface area (Å²) in [5.41, 5.74) is 0.397. The summed E-state index contributed by atoms with van der Waals surface area (Å²) in [6.45, 7) is 2.65. The monoisotopic (exact) mass is 789 g/mol. The minimum absolute atomic E-state index is 0.00751. The van der Waals surface area contributed by atoms with E-state index in [0.29, 0.717) is 28.8 Å². The smallest absolute Gasteiger partial charge is 0.265 e. The van der Waals surface area contributed by atoms with Crippen LogP contribution in [0.5, 0.6) is 0 Å². The molecule has 4 aromatic rings. The molecule has 5 atom stereocenters. The zero-order valence-corrected chi connectivity index (χ0v) is 30.8. The zero-order valence-electron chi connectivity index (χ0n) is 28.3. The van der Waals surface area contributed by atoms with Crippen LogP contribution in [0.15, 0.2) is 53.6 Å². The molecule has 280 valence electrons. The molecule has 2 saturated carbocycles. The highest BCUT2D eigenvalue weighted by Crippen LogP contribution is 2.50. The van der Waals surface area contributed by atoms with E-state index in [-0.39, 0.29) is 83.1 Å². The molecule has 0 radical (unpaired) electrons. The van der Waals surface area contributed by atoms with Crippen LogP contribution in [0.25, 0.3) is 21.8 Å². The average Bonchev–Trinajstić information content (AvgIpc) is 3.36. The summed E-state index contributed by atoms with van der Waals surface area (Å²) >= 11 is 1.30. The number of sulfonamides is 1. The Bertz CT molecular complexity index is 2300. The van der Waals surface area contributed by atoms with Gasteiger partial charge in [-0.05, 0) is 61.4 Å². The van der Waals surface area contributed by atoms with E-state index in [2.05, 4.69) is 24.8 Å². The number of thiazole rings is 1. The van der Waals surface area contributed by atoms with Gasteiger partial charge >= 0.3 is 0 Å². The lowest BCUT2D eigenvalue weighted by Gasteiger charge is -2.49. The summed E-state index contributed by atoms with van der Waals surface area (Å²) in [4.78, 5) is 18.4. The number of fused-ring (bicyclic) bond motifs is 3. The molecule has 9 rings (SSSR count).